The summed E-state index contributed by atoms with van der Waals surface area (Å²) in [6, 6.07) is 16.9. The van der Waals surface area contributed by atoms with E-state index in [9.17, 15) is 9.59 Å². The highest BCUT2D eigenvalue weighted by molar-refractivity contribution is 6.25. The number of hydrogen-bond donors (Lipinski definition) is 0. The molecule has 5 rings (SSSR count). The lowest BCUT2D eigenvalue weighted by Gasteiger charge is -2.63. The van der Waals surface area contributed by atoms with Crippen LogP contribution in [0.1, 0.15) is 25.0 Å². The number of amides is 2. The van der Waals surface area contributed by atoms with Gasteiger partial charge in [0.25, 0.3) is 11.8 Å². The Balaban J connectivity index is 1.89. The smallest absolute Gasteiger partial charge is 0.271 e. The SMILES string of the molecule is Cc1ccccc1N1C(=O)[C@]2(C)O[C@](c3ccccc3)(C1=O)[C@H]2C. The normalized spacial score (nSPS) is 31.8. The summed E-state index contributed by atoms with van der Waals surface area (Å²) in [7, 11) is 0. The molecule has 3 aliphatic rings. The number of ether oxygens (including phenoxy) is 1. The lowest BCUT2D eigenvalue weighted by atomic mass is 9.62. The molecule has 122 valence electrons. The van der Waals surface area contributed by atoms with Gasteiger partial charge in [0, 0.05) is 5.92 Å². The Kier molecular flexibility index (Phi) is 3.00. The van der Waals surface area contributed by atoms with Gasteiger partial charge in [-0.15, -0.1) is 0 Å². The number of carbonyl (C=O) groups is 2. The average molecular weight is 321 g/mol. The molecule has 2 amide bonds. The molecule has 3 atom stereocenters. The van der Waals surface area contributed by atoms with Gasteiger partial charge in [0.2, 0.25) is 0 Å². The van der Waals surface area contributed by atoms with E-state index in [2.05, 4.69) is 0 Å². The Morgan fingerprint density at radius 3 is 2.21 bits per heavy atom. The molecule has 3 aliphatic heterocycles. The van der Waals surface area contributed by atoms with Crippen LogP contribution in [0.3, 0.4) is 0 Å². The van der Waals surface area contributed by atoms with Crippen molar-refractivity contribution in [3.05, 3.63) is 65.7 Å². The maximum Gasteiger partial charge on any atom is 0.271 e. The first-order valence-corrected chi connectivity index (χ1v) is 8.13. The fraction of sp³-hybridized carbons (Fsp3) is 0.300. The molecule has 2 bridgehead atoms. The third-order valence-corrected chi connectivity index (χ3v) is 5.52. The zero-order valence-corrected chi connectivity index (χ0v) is 13.9. The molecule has 3 saturated heterocycles. The van der Waals surface area contributed by atoms with Gasteiger partial charge in [0.05, 0.1) is 5.69 Å². The van der Waals surface area contributed by atoms with Crippen LogP contribution >= 0.6 is 0 Å². The monoisotopic (exact) mass is 321 g/mol. The van der Waals surface area contributed by atoms with Crippen LogP contribution in [0, 0.1) is 12.8 Å². The van der Waals surface area contributed by atoms with E-state index in [-0.39, 0.29) is 17.7 Å². The molecule has 3 heterocycles. The lowest BCUT2D eigenvalue weighted by molar-refractivity contribution is -0.298. The Hall–Kier alpha value is -2.46. The molecule has 4 nitrogen and oxygen atoms in total. The predicted octanol–water partition coefficient (Wildman–Crippen LogP) is 3.19. The van der Waals surface area contributed by atoms with E-state index in [1.807, 2.05) is 68.4 Å². The van der Waals surface area contributed by atoms with E-state index in [1.54, 1.807) is 6.92 Å². The number of nitrogens with zero attached hydrogens (tertiary/aromatic N) is 1. The van der Waals surface area contributed by atoms with E-state index < -0.39 is 11.2 Å². The second kappa shape index (κ2) is 4.77. The molecule has 0 N–H and O–H groups in total. The van der Waals surface area contributed by atoms with Crippen molar-refractivity contribution in [3.63, 3.8) is 0 Å². The van der Waals surface area contributed by atoms with Crippen LogP contribution in [-0.4, -0.2) is 17.4 Å². The van der Waals surface area contributed by atoms with Gasteiger partial charge in [-0.3, -0.25) is 9.59 Å². The molecule has 3 fully saturated rings. The molecule has 0 unspecified atom stereocenters. The number of para-hydroxylation sites is 1. The Morgan fingerprint density at radius 2 is 1.58 bits per heavy atom. The van der Waals surface area contributed by atoms with Gasteiger partial charge in [-0.05, 0) is 31.0 Å². The highest BCUT2D eigenvalue weighted by atomic mass is 16.6. The Morgan fingerprint density at radius 1 is 0.958 bits per heavy atom. The highest BCUT2D eigenvalue weighted by Crippen LogP contribution is 2.59. The number of anilines is 1. The minimum absolute atomic E-state index is 0.215. The highest BCUT2D eigenvalue weighted by Gasteiger charge is 2.75. The van der Waals surface area contributed by atoms with Crippen molar-refractivity contribution in [2.75, 3.05) is 4.90 Å². The number of imide groups is 1. The maximum atomic E-state index is 13.4. The zero-order chi connectivity index (χ0) is 17.1. The summed E-state index contributed by atoms with van der Waals surface area (Å²) in [5.74, 6) is -0.802. The lowest BCUT2D eigenvalue weighted by Crippen LogP contribution is -2.81. The number of benzene rings is 2. The Bertz CT molecular complexity index is 847. The molecule has 0 saturated carbocycles. The van der Waals surface area contributed by atoms with Crippen LogP contribution in [0.25, 0.3) is 0 Å². The van der Waals surface area contributed by atoms with Gasteiger partial charge >= 0.3 is 0 Å². The van der Waals surface area contributed by atoms with Gasteiger partial charge in [0.15, 0.2) is 11.2 Å². The zero-order valence-electron chi connectivity index (χ0n) is 13.9. The second-order valence-corrected chi connectivity index (χ2v) is 6.76. The second-order valence-electron chi connectivity index (χ2n) is 6.76. The minimum atomic E-state index is -1.09. The third kappa shape index (κ3) is 1.61. The van der Waals surface area contributed by atoms with Gasteiger partial charge in [-0.1, -0.05) is 55.5 Å². The summed E-state index contributed by atoms with van der Waals surface area (Å²) in [5.41, 5.74) is 0.248. The van der Waals surface area contributed by atoms with Crippen molar-refractivity contribution in [2.45, 2.75) is 32.0 Å². The quantitative estimate of drug-likeness (QED) is 0.798. The molecule has 4 heteroatoms. The first-order chi connectivity index (χ1) is 11.4. The third-order valence-electron chi connectivity index (χ3n) is 5.52. The average Bonchev–Trinajstić information content (AvgIpc) is 2.60. The van der Waals surface area contributed by atoms with Crippen molar-refractivity contribution < 1.29 is 14.3 Å². The summed E-state index contributed by atoms with van der Waals surface area (Å²) in [6.45, 7) is 5.60. The van der Waals surface area contributed by atoms with Crippen molar-refractivity contribution in [1.29, 1.82) is 0 Å². The molecule has 24 heavy (non-hydrogen) atoms. The number of rotatable bonds is 2. The van der Waals surface area contributed by atoms with Gasteiger partial charge in [-0.25, -0.2) is 4.90 Å². The first-order valence-electron chi connectivity index (χ1n) is 8.13. The van der Waals surface area contributed by atoms with E-state index in [0.717, 1.165) is 11.1 Å². The van der Waals surface area contributed by atoms with E-state index in [4.69, 9.17) is 4.74 Å². The fourth-order valence-electron chi connectivity index (χ4n) is 3.93. The number of hydrogen-bond acceptors (Lipinski definition) is 3. The van der Waals surface area contributed by atoms with Crippen LogP contribution in [0.5, 0.6) is 0 Å². The van der Waals surface area contributed by atoms with E-state index >= 15 is 0 Å². The summed E-state index contributed by atoms with van der Waals surface area (Å²) < 4.78 is 6.02. The number of carbonyl (C=O) groups excluding carboxylic acids is 2. The molecule has 0 spiro atoms. The van der Waals surface area contributed by atoms with Crippen LogP contribution in [0.4, 0.5) is 5.69 Å². The van der Waals surface area contributed by atoms with Crippen LogP contribution in [0.2, 0.25) is 0 Å². The molecule has 2 aromatic rings. The van der Waals surface area contributed by atoms with Crippen molar-refractivity contribution in [3.8, 4) is 0 Å². The number of morpholine rings is 1. The van der Waals surface area contributed by atoms with E-state index in [0.29, 0.717) is 5.69 Å². The standard InChI is InChI=1S/C20H19NO3/c1-13-9-7-8-12-16(13)21-17(22)19(3)14(2)20(24-19,18(21)23)15-10-5-4-6-11-15/h4-12,14H,1-3H3/t14-,19+,20+/m0/s1. The Labute approximate surface area is 141 Å². The topological polar surface area (TPSA) is 46.6 Å². The van der Waals surface area contributed by atoms with Gasteiger partial charge in [0.1, 0.15) is 0 Å². The fourth-order valence-corrected chi connectivity index (χ4v) is 3.93. The van der Waals surface area contributed by atoms with Crippen LogP contribution in [-0.2, 0) is 19.9 Å². The summed E-state index contributed by atoms with van der Waals surface area (Å²) in [5, 5.41) is 0. The summed E-state index contributed by atoms with van der Waals surface area (Å²) in [6.07, 6.45) is 0. The number of aryl methyl sites for hydroxylation is 1. The van der Waals surface area contributed by atoms with Gasteiger partial charge in [-0.2, -0.15) is 0 Å². The largest absolute Gasteiger partial charge is 0.343 e. The summed E-state index contributed by atoms with van der Waals surface area (Å²) in [4.78, 5) is 27.7. The van der Waals surface area contributed by atoms with Gasteiger partial charge < -0.3 is 4.74 Å². The molecule has 0 aliphatic carbocycles. The van der Waals surface area contributed by atoms with E-state index in [1.165, 1.54) is 4.90 Å². The first kappa shape index (κ1) is 15.1. The molecule has 0 aromatic heterocycles. The van der Waals surface area contributed by atoms with Crippen LogP contribution in [0.15, 0.2) is 54.6 Å². The molecular weight excluding hydrogens is 302 g/mol. The molecule has 2 aromatic carbocycles. The van der Waals surface area contributed by atoms with Crippen molar-refractivity contribution in [1.82, 2.24) is 0 Å². The van der Waals surface area contributed by atoms with Crippen molar-refractivity contribution >= 4 is 17.5 Å². The molecular formula is C20H19NO3. The maximum absolute atomic E-state index is 13.4. The number of fused-ring (bicyclic) bond motifs is 2. The van der Waals surface area contributed by atoms with Crippen LogP contribution < -0.4 is 4.90 Å². The predicted molar refractivity (Wildman–Crippen MR) is 90.4 cm³/mol. The molecule has 0 radical (unpaired) electrons. The minimum Gasteiger partial charge on any atom is -0.343 e. The number of piperidine rings is 1. The van der Waals surface area contributed by atoms with Crippen molar-refractivity contribution in [2.24, 2.45) is 5.92 Å². The summed E-state index contributed by atoms with van der Waals surface area (Å²) >= 11 is 0.